The van der Waals surface area contributed by atoms with Gasteiger partial charge in [0.05, 0.1) is 11.6 Å². The molecule has 0 aliphatic rings. The number of ketones is 1. The average molecular weight is 242 g/mol. The minimum atomic E-state index is -0.267. The monoisotopic (exact) mass is 242 g/mol. The van der Waals surface area contributed by atoms with Gasteiger partial charge in [-0.15, -0.1) is 0 Å². The summed E-state index contributed by atoms with van der Waals surface area (Å²) in [6.45, 7) is 3.71. The first-order valence-corrected chi connectivity index (χ1v) is 5.47. The van der Waals surface area contributed by atoms with Crippen LogP contribution in [0.4, 0.5) is 0 Å². The summed E-state index contributed by atoms with van der Waals surface area (Å²) in [5.41, 5.74) is 1.61. The average Bonchev–Trinajstić information content (AvgIpc) is 2.98. The van der Waals surface area contributed by atoms with Crippen LogP contribution in [0, 0.1) is 13.8 Å². The molecular weight excluding hydrogens is 232 g/mol. The predicted molar refractivity (Wildman–Crippen MR) is 63.4 cm³/mol. The van der Waals surface area contributed by atoms with Crippen molar-refractivity contribution in [3.05, 3.63) is 47.5 Å². The number of nitrogens with zero attached hydrogens (tertiary/aromatic N) is 2. The van der Waals surface area contributed by atoms with Crippen LogP contribution in [0.2, 0.25) is 0 Å². The van der Waals surface area contributed by atoms with Crippen molar-refractivity contribution in [3.8, 4) is 0 Å². The Kier molecular flexibility index (Phi) is 2.26. The van der Waals surface area contributed by atoms with E-state index in [0.717, 1.165) is 11.3 Å². The van der Waals surface area contributed by atoms with Crippen LogP contribution in [-0.2, 0) is 0 Å². The fourth-order valence-corrected chi connectivity index (χ4v) is 1.88. The van der Waals surface area contributed by atoms with E-state index in [0.29, 0.717) is 16.8 Å². The number of hydrogen-bond acceptors (Lipinski definition) is 5. The van der Waals surface area contributed by atoms with Crippen molar-refractivity contribution in [3.63, 3.8) is 0 Å². The Balaban J connectivity index is 2.26. The second kappa shape index (κ2) is 3.80. The zero-order valence-electron chi connectivity index (χ0n) is 9.93. The zero-order valence-corrected chi connectivity index (χ0v) is 9.93. The van der Waals surface area contributed by atoms with Gasteiger partial charge < -0.3 is 8.83 Å². The molecule has 0 unspecified atom stereocenters. The highest BCUT2D eigenvalue weighted by molar-refractivity contribution is 6.13. The molecule has 0 radical (unpaired) electrons. The van der Waals surface area contributed by atoms with Gasteiger partial charge in [0.15, 0.2) is 5.76 Å². The number of hydrogen-bond donors (Lipinski definition) is 0. The molecule has 0 aliphatic heterocycles. The SMILES string of the molecule is Cc1oc2ncnc(C(=O)c3ccco3)c2c1C. The Labute approximate surface area is 102 Å². The van der Waals surface area contributed by atoms with Gasteiger partial charge in [-0.2, -0.15) is 0 Å². The summed E-state index contributed by atoms with van der Waals surface area (Å²) < 4.78 is 10.6. The molecule has 3 aromatic heterocycles. The molecule has 18 heavy (non-hydrogen) atoms. The van der Waals surface area contributed by atoms with Crippen molar-refractivity contribution in [2.45, 2.75) is 13.8 Å². The summed E-state index contributed by atoms with van der Waals surface area (Å²) in [4.78, 5) is 20.3. The van der Waals surface area contributed by atoms with E-state index in [1.807, 2.05) is 13.8 Å². The fraction of sp³-hybridized carbons (Fsp3) is 0.154. The third-order valence-electron chi connectivity index (χ3n) is 2.93. The molecule has 0 N–H and O–H groups in total. The number of furan rings is 2. The van der Waals surface area contributed by atoms with Crippen LogP contribution in [0.5, 0.6) is 0 Å². The first kappa shape index (κ1) is 10.7. The van der Waals surface area contributed by atoms with E-state index in [-0.39, 0.29) is 11.5 Å². The minimum absolute atomic E-state index is 0.258. The first-order chi connectivity index (χ1) is 8.68. The number of carbonyl (C=O) groups is 1. The van der Waals surface area contributed by atoms with E-state index in [9.17, 15) is 4.79 Å². The van der Waals surface area contributed by atoms with Gasteiger partial charge in [0.25, 0.3) is 0 Å². The molecule has 3 rings (SSSR count). The number of aromatic nitrogens is 2. The topological polar surface area (TPSA) is 69.1 Å². The van der Waals surface area contributed by atoms with Crippen molar-refractivity contribution >= 4 is 16.9 Å². The fourth-order valence-electron chi connectivity index (χ4n) is 1.88. The summed E-state index contributed by atoms with van der Waals surface area (Å²) in [6.07, 6.45) is 2.78. The first-order valence-electron chi connectivity index (χ1n) is 5.47. The van der Waals surface area contributed by atoms with Gasteiger partial charge in [-0.05, 0) is 26.0 Å². The van der Waals surface area contributed by atoms with Crippen molar-refractivity contribution in [1.29, 1.82) is 0 Å². The maximum atomic E-state index is 12.3. The predicted octanol–water partition coefficient (Wildman–Crippen LogP) is 2.66. The molecule has 0 aliphatic carbocycles. The van der Waals surface area contributed by atoms with Crippen molar-refractivity contribution in [2.24, 2.45) is 0 Å². The van der Waals surface area contributed by atoms with Crippen LogP contribution in [0.1, 0.15) is 27.6 Å². The Morgan fingerprint density at radius 2 is 2.11 bits per heavy atom. The van der Waals surface area contributed by atoms with Crippen LogP contribution in [0.3, 0.4) is 0 Å². The lowest BCUT2D eigenvalue weighted by Gasteiger charge is -1.98. The van der Waals surface area contributed by atoms with Gasteiger partial charge in [0, 0.05) is 5.56 Å². The van der Waals surface area contributed by atoms with Crippen molar-refractivity contribution in [2.75, 3.05) is 0 Å². The van der Waals surface area contributed by atoms with Gasteiger partial charge >= 0.3 is 0 Å². The molecule has 5 nitrogen and oxygen atoms in total. The standard InChI is InChI=1S/C13H10N2O3/c1-7-8(2)18-13-10(7)11(14-6-15-13)12(16)9-4-3-5-17-9/h3-6H,1-2H3. The minimum Gasteiger partial charge on any atom is -0.461 e. The Morgan fingerprint density at radius 1 is 1.28 bits per heavy atom. The summed E-state index contributed by atoms with van der Waals surface area (Å²) in [5.74, 6) is 0.726. The lowest BCUT2D eigenvalue weighted by molar-refractivity contribution is 0.101. The van der Waals surface area contributed by atoms with Crippen LogP contribution >= 0.6 is 0 Å². The number of carbonyl (C=O) groups excluding carboxylic acids is 1. The van der Waals surface area contributed by atoms with E-state index < -0.39 is 0 Å². The van der Waals surface area contributed by atoms with Crippen molar-refractivity contribution in [1.82, 2.24) is 9.97 Å². The second-order valence-electron chi connectivity index (χ2n) is 3.99. The maximum Gasteiger partial charge on any atom is 0.247 e. The summed E-state index contributed by atoms with van der Waals surface area (Å²) in [7, 11) is 0. The van der Waals surface area contributed by atoms with Gasteiger partial charge in [-0.3, -0.25) is 4.79 Å². The third-order valence-corrected chi connectivity index (χ3v) is 2.93. The van der Waals surface area contributed by atoms with E-state index in [1.54, 1.807) is 12.1 Å². The lowest BCUT2D eigenvalue weighted by atomic mass is 10.1. The Bertz CT molecular complexity index is 726. The number of aryl methyl sites for hydroxylation is 2. The molecule has 0 fully saturated rings. The highest BCUT2D eigenvalue weighted by Gasteiger charge is 2.21. The third kappa shape index (κ3) is 1.44. The number of rotatable bonds is 2. The van der Waals surface area contributed by atoms with Crippen LogP contribution in [-0.4, -0.2) is 15.8 Å². The molecule has 0 atom stereocenters. The highest BCUT2D eigenvalue weighted by atomic mass is 16.3. The summed E-state index contributed by atoms with van der Waals surface area (Å²) >= 11 is 0. The van der Waals surface area contributed by atoms with Gasteiger partial charge in [-0.1, -0.05) is 0 Å². The van der Waals surface area contributed by atoms with Crippen molar-refractivity contribution < 1.29 is 13.6 Å². The molecule has 0 spiro atoms. The molecule has 0 amide bonds. The molecule has 0 saturated carbocycles. The molecule has 3 aromatic rings. The van der Waals surface area contributed by atoms with Crippen LogP contribution in [0.25, 0.3) is 11.1 Å². The van der Waals surface area contributed by atoms with E-state index in [2.05, 4.69) is 9.97 Å². The number of fused-ring (bicyclic) bond motifs is 1. The molecule has 5 heteroatoms. The van der Waals surface area contributed by atoms with E-state index >= 15 is 0 Å². The lowest BCUT2D eigenvalue weighted by Crippen LogP contribution is -2.04. The van der Waals surface area contributed by atoms with E-state index in [4.69, 9.17) is 8.83 Å². The maximum absolute atomic E-state index is 12.3. The molecule has 90 valence electrons. The Morgan fingerprint density at radius 3 is 2.83 bits per heavy atom. The van der Waals surface area contributed by atoms with Crippen LogP contribution < -0.4 is 0 Å². The molecule has 0 saturated heterocycles. The molecule has 3 heterocycles. The smallest absolute Gasteiger partial charge is 0.247 e. The van der Waals surface area contributed by atoms with Gasteiger partial charge in [0.1, 0.15) is 17.8 Å². The molecule has 0 aromatic carbocycles. The van der Waals surface area contributed by atoms with Gasteiger partial charge in [-0.25, -0.2) is 9.97 Å². The zero-order chi connectivity index (χ0) is 12.7. The quantitative estimate of drug-likeness (QED) is 0.646. The van der Waals surface area contributed by atoms with Gasteiger partial charge in [0.2, 0.25) is 11.5 Å². The Hall–Kier alpha value is -2.43. The van der Waals surface area contributed by atoms with Crippen LogP contribution in [0.15, 0.2) is 33.6 Å². The summed E-state index contributed by atoms with van der Waals surface area (Å²) in [5, 5.41) is 0.649. The highest BCUT2D eigenvalue weighted by Crippen LogP contribution is 2.26. The normalized spacial score (nSPS) is 11.0. The molecular formula is C13H10N2O3. The molecule has 0 bridgehead atoms. The largest absolute Gasteiger partial charge is 0.461 e. The summed E-state index contributed by atoms with van der Waals surface area (Å²) in [6, 6.07) is 3.28. The van der Waals surface area contributed by atoms with E-state index in [1.165, 1.54) is 12.6 Å². The second-order valence-corrected chi connectivity index (χ2v) is 3.99.